The first-order valence-corrected chi connectivity index (χ1v) is 11.5. The lowest BCUT2D eigenvalue weighted by atomic mass is 10.0. The first-order valence-electron chi connectivity index (χ1n) is 10.5. The molecule has 2 aromatic rings. The number of aryl methyl sites for hydroxylation is 4. The van der Waals surface area contributed by atoms with E-state index in [-0.39, 0.29) is 0 Å². The third kappa shape index (κ3) is 2.23. The van der Waals surface area contributed by atoms with Gasteiger partial charge >= 0.3 is 0 Å². The Bertz CT molecular complexity index is 752. The molecule has 0 N–H and O–H groups in total. The number of hydrogen-bond donors (Lipinski definition) is 0. The van der Waals surface area contributed by atoms with Crippen LogP contribution in [0.25, 0.3) is 0 Å². The van der Waals surface area contributed by atoms with Gasteiger partial charge in [0.15, 0.2) is 0 Å². The van der Waals surface area contributed by atoms with Crippen LogP contribution in [0.5, 0.6) is 0 Å². The highest BCUT2D eigenvalue weighted by molar-refractivity contribution is 7.56. The van der Waals surface area contributed by atoms with Gasteiger partial charge in [0.1, 0.15) is 0 Å². The highest BCUT2D eigenvalue weighted by Gasteiger charge is 2.28. The maximum absolute atomic E-state index is 2.60. The predicted molar refractivity (Wildman–Crippen MR) is 109 cm³/mol. The molecule has 0 aromatic heterocycles. The summed E-state index contributed by atoms with van der Waals surface area (Å²) in [6.07, 6.45) is 16.3. The Balaban J connectivity index is 1.54. The Labute approximate surface area is 153 Å². The van der Waals surface area contributed by atoms with E-state index in [1.165, 1.54) is 77.0 Å². The van der Waals surface area contributed by atoms with Gasteiger partial charge in [0.05, 0.1) is 0 Å². The summed E-state index contributed by atoms with van der Waals surface area (Å²) in [4.78, 5) is 0. The monoisotopic (exact) mass is 346 g/mol. The fourth-order valence-corrected chi connectivity index (χ4v) is 8.06. The molecule has 4 aliphatic rings. The Morgan fingerprint density at radius 1 is 0.440 bits per heavy atom. The molecule has 0 heterocycles. The zero-order chi connectivity index (χ0) is 16.4. The van der Waals surface area contributed by atoms with Crippen LogP contribution in [-0.4, -0.2) is 0 Å². The maximum atomic E-state index is 2.60. The maximum Gasteiger partial charge on any atom is -0.0157 e. The van der Waals surface area contributed by atoms with Gasteiger partial charge in [-0.3, -0.25) is 0 Å². The van der Waals surface area contributed by atoms with Gasteiger partial charge in [-0.15, -0.1) is 0 Å². The highest BCUT2D eigenvalue weighted by atomic mass is 31.1. The topological polar surface area (TPSA) is 0 Å². The molecular weight excluding hydrogens is 319 g/mol. The summed E-state index contributed by atoms with van der Waals surface area (Å²) in [6.45, 7) is 0. The predicted octanol–water partition coefficient (Wildman–Crippen LogP) is 4.27. The van der Waals surface area contributed by atoms with Crippen molar-refractivity contribution in [2.24, 2.45) is 0 Å². The number of rotatable bonds is 2. The van der Waals surface area contributed by atoms with Crippen LogP contribution in [0.1, 0.15) is 70.2 Å². The van der Waals surface area contributed by atoms with Crippen molar-refractivity contribution >= 4 is 19.2 Å². The van der Waals surface area contributed by atoms with E-state index in [2.05, 4.69) is 12.1 Å². The van der Waals surface area contributed by atoms with E-state index < -0.39 is 0 Å². The van der Waals surface area contributed by atoms with Gasteiger partial charge in [-0.1, -0.05) is 20.7 Å². The molecule has 0 amide bonds. The molecule has 0 radical (unpaired) electrons. The van der Waals surface area contributed by atoms with Crippen molar-refractivity contribution in [2.75, 3.05) is 0 Å². The minimum absolute atomic E-state index is 0.945. The zero-order valence-corrected chi connectivity index (χ0v) is 16.1. The molecule has 0 spiro atoms. The molecule has 0 atom stereocenters. The van der Waals surface area contributed by atoms with Crippen LogP contribution in [0.3, 0.4) is 0 Å². The van der Waals surface area contributed by atoms with Gasteiger partial charge in [0.25, 0.3) is 0 Å². The van der Waals surface area contributed by atoms with Crippen LogP contribution in [0.15, 0.2) is 12.1 Å². The fraction of sp³-hybridized carbons (Fsp3) is 0.500. The second-order valence-corrected chi connectivity index (χ2v) is 9.84. The molecule has 6 rings (SSSR count). The van der Waals surface area contributed by atoms with Crippen molar-refractivity contribution in [3.05, 3.63) is 56.6 Å². The molecule has 1 heteroatoms. The van der Waals surface area contributed by atoms with Gasteiger partial charge in [0.2, 0.25) is 0 Å². The minimum Gasteiger partial charge on any atom is -0.0579 e. The molecule has 4 aliphatic carbocycles. The lowest BCUT2D eigenvalue weighted by Crippen LogP contribution is -2.20. The third-order valence-electron chi connectivity index (χ3n) is 7.20. The zero-order valence-electron chi connectivity index (χ0n) is 15.1. The van der Waals surface area contributed by atoms with Crippen LogP contribution < -0.4 is 10.6 Å². The van der Waals surface area contributed by atoms with Gasteiger partial charge in [0, 0.05) is 0 Å². The molecule has 0 nitrogen and oxygen atoms in total. The smallest absolute Gasteiger partial charge is 0.0157 e. The molecule has 25 heavy (non-hydrogen) atoms. The normalized spacial score (nSPS) is 19.8. The summed E-state index contributed by atoms with van der Waals surface area (Å²) in [5, 5.41) is 3.63. The van der Waals surface area contributed by atoms with E-state index in [1.807, 2.05) is 10.6 Å². The van der Waals surface area contributed by atoms with Crippen LogP contribution in [0.2, 0.25) is 0 Å². The van der Waals surface area contributed by atoms with Crippen molar-refractivity contribution in [3.63, 3.8) is 0 Å². The molecule has 2 aromatic carbocycles. The second kappa shape index (κ2) is 5.68. The molecule has 0 fully saturated rings. The van der Waals surface area contributed by atoms with Crippen molar-refractivity contribution in [2.45, 2.75) is 77.0 Å². The number of benzene rings is 2. The Kier molecular flexibility index (Phi) is 3.41. The summed E-state index contributed by atoms with van der Waals surface area (Å²) in [5.41, 5.74) is 14.0. The molecule has 0 unspecified atom stereocenters. The van der Waals surface area contributed by atoms with Crippen molar-refractivity contribution < 1.29 is 0 Å². The summed E-state index contributed by atoms with van der Waals surface area (Å²) in [5.74, 6) is 0. The van der Waals surface area contributed by atoms with Crippen molar-refractivity contribution in [1.82, 2.24) is 0 Å². The van der Waals surface area contributed by atoms with E-state index in [1.54, 1.807) is 44.5 Å². The van der Waals surface area contributed by atoms with Crippen molar-refractivity contribution in [1.29, 1.82) is 0 Å². The van der Waals surface area contributed by atoms with Crippen LogP contribution in [0.4, 0.5) is 0 Å². The molecule has 0 bridgehead atoms. The highest BCUT2D eigenvalue weighted by Crippen LogP contribution is 2.38. The molecule has 0 aliphatic heterocycles. The largest absolute Gasteiger partial charge is 0.0579 e. The summed E-state index contributed by atoms with van der Waals surface area (Å²) in [6, 6.07) is 5.19. The first kappa shape index (κ1) is 15.0. The fourth-order valence-electron chi connectivity index (χ4n) is 6.06. The van der Waals surface area contributed by atoms with Gasteiger partial charge < -0.3 is 0 Å². The lowest BCUT2D eigenvalue weighted by Gasteiger charge is -2.20. The lowest BCUT2D eigenvalue weighted by molar-refractivity contribution is 0.899. The first-order chi connectivity index (χ1) is 12.4. The van der Waals surface area contributed by atoms with E-state index in [9.17, 15) is 0 Å². The Hall–Kier alpha value is -1.13. The van der Waals surface area contributed by atoms with Gasteiger partial charge in [-0.05, 0) is 132 Å². The minimum atomic E-state index is 0.945. The average Bonchev–Trinajstić information content (AvgIpc) is 3.39. The summed E-state index contributed by atoms with van der Waals surface area (Å²) < 4.78 is 0. The third-order valence-corrected chi connectivity index (χ3v) is 8.90. The average molecular weight is 346 g/mol. The van der Waals surface area contributed by atoms with Crippen LogP contribution in [0, 0.1) is 0 Å². The quantitative estimate of drug-likeness (QED) is 0.713. The van der Waals surface area contributed by atoms with Crippen LogP contribution >= 0.6 is 8.58 Å². The van der Waals surface area contributed by atoms with Crippen molar-refractivity contribution in [3.8, 4) is 0 Å². The number of fused-ring (bicyclic) bond motifs is 4. The van der Waals surface area contributed by atoms with Crippen LogP contribution in [-0.2, 0) is 51.4 Å². The van der Waals surface area contributed by atoms with Gasteiger partial charge in [-0.2, -0.15) is 0 Å². The number of hydrogen-bond acceptors (Lipinski definition) is 0. The summed E-state index contributed by atoms with van der Waals surface area (Å²) in [7, 11) is 0.945. The van der Waals surface area contributed by atoms with E-state index in [0.29, 0.717) is 0 Å². The molecule has 128 valence electrons. The molecule has 0 saturated heterocycles. The van der Waals surface area contributed by atoms with E-state index in [4.69, 9.17) is 0 Å². The van der Waals surface area contributed by atoms with E-state index in [0.717, 1.165) is 8.58 Å². The molecule has 0 saturated carbocycles. The SMILES string of the molecule is c1c2c(c(Pc3c4c(cc5c3CCC5)CCC4)c3c1CCC3)CCC2. The summed E-state index contributed by atoms with van der Waals surface area (Å²) >= 11 is 0. The Morgan fingerprint density at radius 3 is 1.08 bits per heavy atom. The second-order valence-electron chi connectivity index (χ2n) is 8.59. The molecular formula is C24H27P. The Morgan fingerprint density at radius 2 is 0.760 bits per heavy atom. The van der Waals surface area contributed by atoms with E-state index >= 15 is 0 Å². The standard InChI is InChI=1S/C24H27P/c1-5-15-13-16-6-2-10-20(16)23(19(15)9-1)25-24-21-11-3-7-17(21)14-18-8-4-12-22(18)24/h13-14,25H,1-12H2. The van der Waals surface area contributed by atoms with Gasteiger partial charge in [-0.25, -0.2) is 0 Å².